The van der Waals surface area contributed by atoms with Crippen molar-refractivity contribution in [2.45, 2.75) is 45.1 Å². The molecule has 0 bridgehead atoms. The molecule has 1 fully saturated rings. The van der Waals surface area contributed by atoms with Crippen LogP contribution in [0.3, 0.4) is 0 Å². The molecule has 20 heavy (non-hydrogen) atoms. The molecule has 1 amide bonds. The van der Waals surface area contributed by atoms with Crippen molar-refractivity contribution in [3.8, 4) is 0 Å². The van der Waals surface area contributed by atoms with Gasteiger partial charge in [0.05, 0.1) is 18.0 Å². The Bertz CT molecular complexity index is 495. The lowest BCUT2D eigenvalue weighted by molar-refractivity contribution is -0.0233. The molecule has 0 atom stereocenters. The third-order valence-corrected chi connectivity index (χ3v) is 4.13. The van der Waals surface area contributed by atoms with Gasteiger partial charge in [-0.2, -0.15) is 0 Å². The van der Waals surface area contributed by atoms with Crippen LogP contribution in [0.15, 0.2) is 12.4 Å². The van der Waals surface area contributed by atoms with Crippen LogP contribution in [-0.2, 0) is 0 Å². The van der Waals surface area contributed by atoms with Crippen molar-refractivity contribution in [1.29, 1.82) is 0 Å². The Hall–Kier alpha value is -1.20. The van der Waals surface area contributed by atoms with Crippen molar-refractivity contribution in [2.24, 2.45) is 5.41 Å². The zero-order chi connectivity index (χ0) is 14.8. The zero-order valence-corrected chi connectivity index (χ0v) is 12.6. The van der Waals surface area contributed by atoms with Crippen LogP contribution in [0, 0.1) is 5.41 Å². The zero-order valence-electron chi connectivity index (χ0n) is 11.8. The average molecular weight is 298 g/mol. The number of hydrogen-bond donors (Lipinski definition) is 2. The molecule has 0 radical (unpaired) electrons. The largest absolute Gasteiger partial charge is 0.388 e. The maximum atomic E-state index is 11.9. The number of halogens is 1. The number of nitrogens with one attached hydrogen (secondary N) is 1. The van der Waals surface area contributed by atoms with Gasteiger partial charge in [-0.1, -0.05) is 25.4 Å². The van der Waals surface area contributed by atoms with Crippen molar-refractivity contribution < 1.29 is 9.90 Å². The van der Waals surface area contributed by atoms with Gasteiger partial charge in [-0.3, -0.25) is 9.78 Å². The molecule has 6 heteroatoms. The molecule has 1 aromatic rings. The molecule has 1 heterocycles. The summed E-state index contributed by atoms with van der Waals surface area (Å²) in [6.07, 6.45) is 6.03. The number of hydrogen-bond acceptors (Lipinski definition) is 4. The minimum atomic E-state index is -0.822. The highest BCUT2D eigenvalue weighted by Crippen LogP contribution is 2.39. The summed E-state index contributed by atoms with van der Waals surface area (Å²) in [6, 6.07) is 0. The van der Waals surface area contributed by atoms with E-state index in [1.165, 1.54) is 12.4 Å². The van der Waals surface area contributed by atoms with Crippen LogP contribution in [0.5, 0.6) is 0 Å². The van der Waals surface area contributed by atoms with Crippen LogP contribution in [0.2, 0.25) is 5.15 Å². The van der Waals surface area contributed by atoms with E-state index in [9.17, 15) is 9.90 Å². The van der Waals surface area contributed by atoms with E-state index in [0.29, 0.717) is 12.8 Å². The predicted molar refractivity (Wildman–Crippen MR) is 76.6 cm³/mol. The summed E-state index contributed by atoms with van der Waals surface area (Å²) >= 11 is 5.69. The fourth-order valence-corrected chi connectivity index (χ4v) is 2.50. The van der Waals surface area contributed by atoms with E-state index in [2.05, 4.69) is 29.1 Å². The molecule has 1 aliphatic carbocycles. The van der Waals surface area contributed by atoms with Gasteiger partial charge in [-0.15, -0.1) is 0 Å². The normalized spacial score (nSPS) is 20.4. The molecule has 1 saturated carbocycles. The van der Waals surface area contributed by atoms with Gasteiger partial charge in [-0.25, -0.2) is 4.98 Å². The van der Waals surface area contributed by atoms with Gasteiger partial charge in [-0.05, 0) is 31.1 Å². The Morgan fingerprint density at radius 3 is 2.60 bits per heavy atom. The van der Waals surface area contributed by atoms with E-state index >= 15 is 0 Å². The fourth-order valence-electron chi connectivity index (χ4n) is 2.36. The summed E-state index contributed by atoms with van der Waals surface area (Å²) in [4.78, 5) is 19.6. The number of carbonyl (C=O) groups excluding carboxylic acids is 1. The highest BCUT2D eigenvalue weighted by molar-refractivity contribution is 6.29. The Labute approximate surface area is 123 Å². The molecule has 0 unspecified atom stereocenters. The first-order chi connectivity index (χ1) is 9.30. The van der Waals surface area contributed by atoms with Gasteiger partial charge in [0, 0.05) is 6.54 Å². The van der Waals surface area contributed by atoms with E-state index in [4.69, 9.17) is 11.6 Å². The molecular weight excluding hydrogens is 278 g/mol. The van der Waals surface area contributed by atoms with Crippen molar-refractivity contribution in [3.05, 3.63) is 23.2 Å². The lowest BCUT2D eigenvalue weighted by Crippen LogP contribution is -2.46. The Morgan fingerprint density at radius 2 is 2.00 bits per heavy atom. The Balaban J connectivity index is 1.90. The molecule has 2 rings (SSSR count). The van der Waals surface area contributed by atoms with Gasteiger partial charge in [0.15, 0.2) is 0 Å². The number of nitrogens with zero attached hydrogens (tertiary/aromatic N) is 2. The van der Waals surface area contributed by atoms with Gasteiger partial charge in [0.1, 0.15) is 10.8 Å². The van der Waals surface area contributed by atoms with E-state index in [-0.39, 0.29) is 28.7 Å². The van der Waals surface area contributed by atoms with Crippen LogP contribution in [0.1, 0.15) is 50.0 Å². The smallest absolute Gasteiger partial charge is 0.271 e. The third-order valence-electron chi connectivity index (χ3n) is 3.95. The minimum Gasteiger partial charge on any atom is -0.388 e. The second-order valence-electron chi connectivity index (χ2n) is 6.30. The Morgan fingerprint density at radius 1 is 1.35 bits per heavy atom. The van der Waals surface area contributed by atoms with Crippen LogP contribution in [-0.4, -0.2) is 33.1 Å². The maximum Gasteiger partial charge on any atom is 0.271 e. The molecule has 5 nitrogen and oxygen atoms in total. The fraction of sp³-hybridized carbons (Fsp3) is 0.643. The molecule has 1 aliphatic rings. The molecule has 1 aromatic heterocycles. The quantitative estimate of drug-likeness (QED) is 0.897. The first-order valence-corrected chi connectivity index (χ1v) is 7.16. The predicted octanol–water partition coefficient (Wildman–Crippen LogP) is 2.19. The van der Waals surface area contributed by atoms with Crippen LogP contribution >= 0.6 is 11.6 Å². The molecular formula is C14H20ClN3O2. The van der Waals surface area contributed by atoms with Gasteiger partial charge >= 0.3 is 0 Å². The second kappa shape index (κ2) is 5.66. The number of amides is 1. The average Bonchev–Trinajstić information content (AvgIpc) is 2.40. The van der Waals surface area contributed by atoms with Crippen molar-refractivity contribution >= 4 is 17.5 Å². The first kappa shape index (κ1) is 15.2. The summed E-state index contributed by atoms with van der Waals surface area (Å²) in [7, 11) is 0. The van der Waals surface area contributed by atoms with E-state index in [1.807, 2.05) is 0 Å². The van der Waals surface area contributed by atoms with Gasteiger partial charge < -0.3 is 10.4 Å². The lowest BCUT2D eigenvalue weighted by Gasteiger charge is -2.40. The highest BCUT2D eigenvalue weighted by atomic mass is 35.5. The molecule has 0 aliphatic heterocycles. The standard InChI is InChI=1S/C14H20ClN3O2/c1-13(2)3-5-14(20,6-4-13)9-17-12(19)10-7-16-8-11(15)18-10/h7-8,20H,3-6,9H2,1-2H3,(H,17,19). The first-order valence-electron chi connectivity index (χ1n) is 6.78. The topological polar surface area (TPSA) is 75.1 Å². The minimum absolute atomic E-state index is 0.164. The monoisotopic (exact) mass is 297 g/mol. The number of aliphatic hydroxyl groups is 1. The van der Waals surface area contributed by atoms with Gasteiger partial charge in [0.25, 0.3) is 5.91 Å². The molecule has 2 N–H and O–H groups in total. The number of carbonyl (C=O) groups is 1. The molecule has 0 saturated heterocycles. The van der Waals surface area contributed by atoms with Crippen LogP contribution in [0.25, 0.3) is 0 Å². The van der Waals surface area contributed by atoms with Gasteiger partial charge in [0.2, 0.25) is 0 Å². The highest BCUT2D eigenvalue weighted by Gasteiger charge is 2.36. The van der Waals surface area contributed by atoms with Crippen LogP contribution in [0.4, 0.5) is 0 Å². The van der Waals surface area contributed by atoms with E-state index in [0.717, 1.165) is 12.8 Å². The summed E-state index contributed by atoms with van der Waals surface area (Å²) < 4.78 is 0. The second-order valence-corrected chi connectivity index (χ2v) is 6.69. The summed E-state index contributed by atoms with van der Waals surface area (Å²) in [5.41, 5.74) is -0.386. The van der Waals surface area contributed by atoms with Crippen LogP contribution < -0.4 is 5.32 Å². The number of rotatable bonds is 3. The van der Waals surface area contributed by atoms with E-state index < -0.39 is 5.60 Å². The van der Waals surface area contributed by atoms with Crippen molar-refractivity contribution in [1.82, 2.24) is 15.3 Å². The molecule has 0 spiro atoms. The SMILES string of the molecule is CC1(C)CCC(O)(CNC(=O)c2cncc(Cl)n2)CC1. The lowest BCUT2D eigenvalue weighted by atomic mass is 9.71. The third kappa shape index (κ3) is 3.90. The van der Waals surface area contributed by atoms with Crippen molar-refractivity contribution in [2.75, 3.05) is 6.54 Å². The molecule has 0 aromatic carbocycles. The maximum absolute atomic E-state index is 11.9. The van der Waals surface area contributed by atoms with E-state index in [1.54, 1.807) is 0 Å². The Kier molecular flexibility index (Phi) is 4.30. The summed E-state index contributed by atoms with van der Waals surface area (Å²) in [5, 5.41) is 13.4. The summed E-state index contributed by atoms with van der Waals surface area (Å²) in [6.45, 7) is 4.63. The number of aromatic nitrogens is 2. The summed E-state index contributed by atoms with van der Waals surface area (Å²) in [5.74, 6) is -0.363. The van der Waals surface area contributed by atoms with Crippen molar-refractivity contribution in [3.63, 3.8) is 0 Å². The molecule has 110 valence electrons.